The van der Waals surface area contributed by atoms with Gasteiger partial charge in [-0.15, -0.1) is 0 Å². The summed E-state index contributed by atoms with van der Waals surface area (Å²) < 4.78 is 16.8. The van der Waals surface area contributed by atoms with Crippen LogP contribution in [0, 0.1) is 16.7 Å². The molecule has 6 nitrogen and oxygen atoms in total. The van der Waals surface area contributed by atoms with E-state index in [1.807, 2.05) is 39.0 Å². The van der Waals surface area contributed by atoms with Gasteiger partial charge in [0.2, 0.25) is 5.88 Å². The van der Waals surface area contributed by atoms with Gasteiger partial charge < -0.3 is 19.9 Å². The third kappa shape index (κ3) is 3.57. The van der Waals surface area contributed by atoms with E-state index in [9.17, 15) is 10.1 Å². The number of nitrogens with two attached hydrogens (primary N) is 1. The van der Waals surface area contributed by atoms with E-state index in [1.54, 1.807) is 7.11 Å². The molecule has 0 amide bonds. The maximum atomic E-state index is 12.7. The molecule has 148 valence electrons. The number of ether oxygens (including phenoxy) is 3. The van der Waals surface area contributed by atoms with Crippen LogP contribution < -0.4 is 15.2 Å². The fourth-order valence-corrected chi connectivity index (χ4v) is 3.87. The Balaban J connectivity index is 2.12. The third-order valence-corrected chi connectivity index (χ3v) is 5.07. The van der Waals surface area contributed by atoms with E-state index in [-0.39, 0.29) is 22.8 Å². The maximum absolute atomic E-state index is 12.7. The Labute approximate surface area is 165 Å². The van der Waals surface area contributed by atoms with Crippen molar-refractivity contribution in [3.8, 4) is 17.6 Å². The predicted molar refractivity (Wildman–Crippen MR) is 104 cm³/mol. The quantitative estimate of drug-likeness (QED) is 0.829. The summed E-state index contributed by atoms with van der Waals surface area (Å²) in [5.74, 6) is 0.981. The van der Waals surface area contributed by atoms with Crippen LogP contribution in [-0.4, -0.2) is 19.5 Å². The number of methoxy groups -OCH3 is 1. The van der Waals surface area contributed by atoms with Crippen molar-refractivity contribution in [1.29, 1.82) is 5.26 Å². The summed E-state index contributed by atoms with van der Waals surface area (Å²) in [6.45, 7) is 6.70. The number of carbonyl (C=O) groups is 1. The summed E-state index contributed by atoms with van der Waals surface area (Å²) in [6, 6.07) is 7.75. The normalized spacial score (nSPS) is 21.0. The van der Waals surface area contributed by atoms with E-state index in [4.69, 9.17) is 19.9 Å². The van der Waals surface area contributed by atoms with Gasteiger partial charge in [-0.25, -0.2) is 0 Å². The van der Waals surface area contributed by atoms with E-state index in [2.05, 4.69) is 6.07 Å². The van der Waals surface area contributed by atoms with Gasteiger partial charge in [0.1, 0.15) is 11.6 Å². The molecule has 0 fully saturated rings. The standard InChI is InChI=1S/C22H26N2O4/c1-5-8-27-17-7-6-13(9-18(17)26-4)19-14-10-22(2,3)11-16(25)20(14)28-21(24)15(19)12-23/h6-7,9,19H,5,8,10-11,24H2,1-4H3. The van der Waals surface area contributed by atoms with E-state index in [0.717, 1.165) is 17.6 Å². The largest absolute Gasteiger partial charge is 0.493 e. The number of ketones is 1. The molecule has 6 heteroatoms. The van der Waals surface area contributed by atoms with E-state index in [1.165, 1.54) is 0 Å². The molecule has 0 saturated heterocycles. The molecule has 1 heterocycles. The molecule has 1 aromatic carbocycles. The molecule has 1 aliphatic heterocycles. The van der Waals surface area contributed by atoms with Crippen LogP contribution >= 0.6 is 0 Å². The second-order valence-electron chi connectivity index (χ2n) is 7.98. The molecular formula is C22H26N2O4. The lowest BCUT2D eigenvalue weighted by atomic mass is 9.69. The monoisotopic (exact) mass is 382 g/mol. The van der Waals surface area contributed by atoms with Gasteiger partial charge in [0.25, 0.3) is 0 Å². The zero-order valence-electron chi connectivity index (χ0n) is 16.8. The minimum Gasteiger partial charge on any atom is -0.493 e. The zero-order valence-corrected chi connectivity index (χ0v) is 16.8. The van der Waals surface area contributed by atoms with Crippen LogP contribution in [0.5, 0.6) is 11.5 Å². The van der Waals surface area contributed by atoms with E-state index in [0.29, 0.717) is 36.5 Å². The van der Waals surface area contributed by atoms with Gasteiger partial charge in [-0.1, -0.05) is 26.8 Å². The Kier molecular flexibility index (Phi) is 5.37. The highest BCUT2D eigenvalue weighted by Gasteiger charge is 2.42. The lowest BCUT2D eigenvalue weighted by Crippen LogP contribution is -2.33. The highest BCUT2D eigenvalue weighted by Crippen LogP contribution is 2.49. The molecule has 0 saturated carbocycles. The molecule has 1 aliphatic carbocycles. The van der Waals surface area contributed by atoms with Gasteiger partial charge in [0, 0.05) is 12.3 Å². The van der Waals surface area contributed by atoms with Gasteiger partial charge in [-0.05, 0) is 41.5 Å². The first-order chi connectivity index (χ1) is 13.3. The van der Waals surface area contributed by atoms with Crippen molar-refractivity contribution in [1.82, 2.24) is 0 Å². The summed E-state index contributed by atoms with van der Waals surface area (Å²) >= 11 is 0. The molecule has 0 bridgehead atoms. The summed E-state index contributed by atoms with van der Waals surface area (Å²) in [5, 5.41) is 9.75. The fourth-order valence-electron chi connectivity index (χ4n) is 3.87. The van der Waals surface area contributed by atoms with Crippen molar-refractivity contribution in [2.75, 3.05) is 13.7 Å². The van der Waals surface area contributed by atoms with Gasteiger partial charge in [-0.2, -0.15) is 5.26 Å². The smallest absolute Gasteiger partial charge is 0.205 e. The second kappa shape index (κ2) is 7.59. The molecule has 0 aromatic heterocycles. The van der Waals surface area contributed by atoms with Crippen LogP contribution in [0.2, 0.25) is 0 Å². The number of rotatable bonds is 5. The molecule has 1 unspecified atom stereocenters. The molecule has 0 spiro atoms. The fraction of sp³-hybridized carbons (Fsp3) is 0.455. The predicted octanol–water partition coefficient (Wildman–Crippen LogP) is 3.93. The van der Waals surface area contributed by atoms with E-state index < -0.39 is 5.92 Å². The number of nitrogens with zero attached hydrogens (tertiary/aromatic N) is 1. The van der Waals surface area contributed by atoms with Crippen LogP contribution in [-0.2, 0) is 9.53 Å². The molecule has 28 heavy (non-hydrogen) atoms. The van der Waals surface area contributed by atoms with Crippen molar-refractivity contribution in [2.45, 2.75) is 46.0 Å². The number of hydrogen-bond acceptors (Lipinski definition) is 6. The van der Waals surface area contributed by atoms with Crippen molar-refractivity contribution in [3.05, 3.63) is 46.6 Å². The number of carbonyl (C=O) groups excluding carboxylic acids is 1. The minimum atomic E-state index is -0.439. The Morgan fingerprint density at radius 1 is 1.32 bits per heavy atom. The SMILES string of the molecule is CCCOc1ccc(C2C(C#N)=C(N)OC3=C2CC(C)(C)CC3=O)cc1OC. The molecular weight excluding hydrogens is 356 g/mol. The minimum absolute atomic E-state index is 0.00965. The van der Waals surface area contributed by atoms with Crippen LogP contribution in [0.15, 0.2) is 41.0 Å². The molecule has 0 radical (unpaired) electrons. The van der Waals surface area contributed by atoms with Crippen molar-refractivity contribution in [3.63, 3.8) is 0 Å². The molecule has 1 aromatic rings. The topological polar surface area (TPSA) is 94.6 Å². The molecule has 2 N–H and O–H groups in total. The Morgan fingerprint density at radius 3 is 2.71 bits per heavy atom. The van der Waals surface area contributed by atoms with Crippen LogP contribution in [0.1, 0.15) is 51.5 Å². The number of Topliss-reactive ketones (excluding diaryl/α,β-unsaturated/α-hetero) is 1. The molecule has 1 atom stereocenters. The average molecular weight is 382 g/mol. The lowest BCUT2D eigenvalue weighted by molar-refractivity contribution is -0.121. The maximum Gasteiger partial charge on any atom is 0.205 e. The van der Waals surface area contributed by atoms with Gasteiger partial charge >= 0.3 is 0 Å². The Hall–Kier alpha value is -2.94. The van der Waals surface area contributed by atoms with Crippen LogP contribution in [0.4, 0.5) is 0 Å². The van der Waals surface area contributed by atoms with Gasteiger partial charge in [-0.3, -0.25) is 4.79 Å². The first kappa shape index (κ1) is 19.8. The van der Waals surface area contributed by atoms with Crippen molar-refractivity contribution in [2.24, 2.45) is 11.1 Å². The van der Waals surface area contributed by atoms with Crippen molar-refractivity contribution >= 4 is 5.78 Å². The zero-order chi connectivity index (χ0) is 20.5. The first-order valence-corrected chi connectivity index (χ1v) is 9.46. The van der Waals surface area contributed by atoms with Crippen molar-refractivity contribution < 1.29 is 19.0 Å². The number of hydrogen-bond donors (Lipinski definition) is 1. The van der Waals surface area contributed by atoms with Crippen LogP contribution in [0.3, 0.4) is 0 Å². The lowest BCUT2D eigenvalue weighted by Gasteiger charge is -2.37. The van der Waals surface area contributed by atoms with Gasteiger partial charge in [0.15, 0.2) is 23.0 Å². The summed E-state index contributed by atoms with van der Waals surface area (Å²) in [5.41, 5.74) is 7.74. The average Bonchev–Trinajstić information content (AvgIpc) is 2.65. The molecule has 3 rings (SSSR count). The Morgan fingerprint density at radius 2 is 2.07 bits per heavy atom. The van der Waals surface area contributed by atoms with E-state index >= 15 is 0 Å². The number of nitriles is 1. The number of benzene rings is 1. The second-order valence-corrected chi connectivity index (χ2v) is 7.98. The first-order valence-electron chi connectivity index (χ1n) is 9.46. The highest BCUT2D eigenvalue weighted by molar-refractivity contribution is 5.96. The van der Waals surface area contributed by atoms with Crippen LogP contribution in [0.25, 0.3) is 0 Å². The van der Waals surface area contributed by atoms with Gasteiger partial charge in [0.05, 0.1) is 13.7 Å². The summed E-state index contributed by atoms with van der Waals surface area (Å²) in [4.78, 5) is 12.7. The Bertz CT molecular complexity index is 906. The summed E-state index contributed by atoms with van der Waals surface area (Å²) in [6.07, 6.45) is 1.92. The third-order valence-electron chi connectivity index (χ3n) is 5.07. The number of allylic oxidation sites excluding steroid dienone is 3. The summed E-state index contributed by atoms with van der Waals surface area (Å²) in [7, 11) is 1.58. The highest BCUT2D eigenvalue weighted by atomic mass is 16.5. The molecule has 2 aliphatic rings.